The molecule has 2 amide bonds. The quantitative estimate of drug-likeness (QED) is 0.712. The smallest absolute Gasteiger partial charge is 0.320 e. The van der Waals surface area contributed by atoms with E-state index in [0.29, 0.717) is 19.5 Å². The summed E-state index contributed by atoms with van der Waals surface area (Å²) >= 11 is 0. The molecule has 0 atom stereocenters. The van der Waals surface area contributed by atoms with Crippen LogP contribution in [0, 0.1) is 11.3 Å². The molecule has 1 saturated heterocycles. The minimum atomic E-state index is 0.104. The van der Waals surface area contributed by atoms with Gasteiger partial charge in [0.05, 0.1) is 12.5 Å². The van der Waals surface area contributed by atoms with Gasteiger partial charge in [-0.2, -0.15) is 5.26 Å². The molecule has 0 N–H and O–H groups in total. The Morgan fingerprint density at radius 1 is 1.40 bits per heavy atom. The number of piperidine rings is 1. The van der Waals surface area contributed by atoms with Crippen molar-refractivity contribution in [2.45, 2.75) is 32.6 Å². The van der Waals surface area contributed by atoms with Gasteiger partial charge < -0.3 is 9.80 Å². The van der Waals surface area contributed by atoms with Gasteiger partial charge in [-0.1, -0.05) is 0 Å². The number of likely N-dealkylation sites (tertiary alicyclic amines) is 1. The van der Waals surface area contributed by atoms with Crippen LogP contribution in [0.25, 0.3) is 0 Å². The van der Waals surface area contributed by atoms with Crippen molar-refractivity contribution < 1.29 is 4.79 Å². The monoisotopic (exact) mass is 209 g/mol. The molecular weight excluding hydrogens is 190 g/mol. The molecule has 1 heterocycles. The molecule has 0 saturated carbocycles. The Balaban J connectivity index is 2.44. The van der Waals surface area contributed by atoms with Crippen LogP contribution >= 0.6 is 0 Å². The third kappa shape index (κ3) is 3.43. The second-order valence-electron chi connectivity index (χ2n) is 3.82. The Labute approximate surface area is 91.5 Å². The SMILES string of the molecule is CCN(CCC#N)C(=O)N1CCCCC1. The molecule has 0 aromatic rings. The van der Waals surface area contributed by atoms with Gasteiger partial charge in [-0.25, -0.2) is 4.79 Å². The first-order chi connectivity index (χ1) is 7.29. The molecule has 1 aliphatic rings. The van der Waals surface area contributed by atoms with Crippen LogP contribution in [0.1, 0.15) is 32.6 Å². The van der Waals surface area contributed by atoms with Crippen LogP contribution in [-0.4, -0.2) is 42.0 Å². The number of urea groups is 1. The number of carbonyl (C=O) groups excluding carboxylic acids is 1. The molecule has 84 valence electrons. The summed E-state index contributed by atoms with van der Waals surface area (Å²) in [6.45, 7) is 4.96. The summed E-state index contributed by atoms with van der Waals surface area (Å²) in [6, 6.07) is 2.18. The Morgan fingerprint density at radius 3 is 2.60 bits per heavy atom. The van der Waals surface area contributed by atoms with E-state index < -0.39 is 0 Å². The fourth-order valence-electron chi connectivity index (χ4n) is 1.86. The van der Waals surface area contributed by atoms with Gasteiger partial charge in [-0.05, 0) is 26.2 Å². The van der Waals surface area contributed by atoms with Crippen LogP contribution in [-0.2, 0) is 0 Å². The second kappa shape index (κ2) is 6.28. The highest BCUT2D eigenvalue weighted by Crippen LogP contribution is 2.11. The third-order valence-corrected chi connectivity index (χ3v) is 2.77. The summed E-state index contributed by atoms with van der Waals surface area (Å²) in [5.41, 5.74) is 0. The van der Waals surface area contributed by atoms with Gasteiger partial charge in [-0.15, -0.1) is 0 Å². The number of hydrogen-bond donors (Lipinski definition) is 0. The van der Waals surface area contributed by atoms with E-state index in [4.69, 9.17) is 5.26 Å². The predicted octanol–water partition coefficient (Wildman–Crippen LogP) is 1.83. The Morgan fingerprint density at radius 2 is 2.07 bits per heavy atom. The molecule has 1 fully saturated rings. The minimum absolute atomic E-state index is 0.104. The number of amides is 2. The summed E-state index contributed by atoms with van der Waals surface area (Å²) in [7, 11) is 0. The summed E-state index contributed by atoms with van der Waals surface area (Å²) < 4.78 is 0. The van der Waals surface area contributed by atoms with Crippen LogP contribution in [0.4, 0.5) is 4.79 Å². The number of rotatable bonds is 3. The third-order valence-electron chi connectivity index (χ3n) is 2.77. The van der Waals surface area contributed by atoms with Crippen LogP contribution in [0.15, 0.2) is 0 Å². The normalized spacial score (nSPS) is 15.9. The van der Waals surface area contributed by atoms with Gasteiger partial charge in [0.15, 0.2) is 0 Å². The molecule has 0 aromatic carbocycles. The van der Waals surface area contributed by atoms with Crippen molar-refractivity contribution in [2.75, 3.05) is 26.2 Å². The zero-order chi connectivity index (χ0) is 11.1. The van der Waals surface area contributed by atoms with Crippen molar-refractivity contribution in [2.24, 2.45) is 0 Å². The van der Waals surface area contributed by atoms with Crippen molar-refractivity contribution in [1.82, 2.24) is 9.80 Å². The fraction of sp³-hybridized carbons (Fsp3) is 0.818. The first-order valence-electron chi connectivity index (χ1n) is 5.70. The molecule has 0 unspecified atom stereocenters. The largest absolute Gasteiger partial charge is 0.325 e. The van der Waals surface area contributed by atoms with E-state index in [0.717, 1.165) is 25.9 Å². The van der Waals surface area contributed by atoms with Crippen molar-refractivity contribution in [1.29, 1.82) is 5.26 Å². The lowest BCUT2D eigenvalue weighted by atomic mass is 10.1. The standard InChI is InChI=1S/C11H19N3O/c1-2-13(10-6-7-12)11(15)14-8-4-3-5-9-14/h2-6,8-10H2,1H3. The molecule has 0 bridgehead atoms. The number of carbonyl (C=O) groups is 1. The molecule has 0 radical (unpaired) electrons. The molecule has 0 aliphatic carbocycles. The highest BCUT2D eigenvalue weighted by molar-refractivity contribution is 5.74. The summed E-state index contributed by atoms with van der Waals surface area (Å²) in [6.07, 6.45) is 3.88. The van der Waals surface area contributed by atoms with E-state index in [1.807, 2.05) is 11.8 Å². The average Bonchev–Trinajstić information content (AvgIpc) is 2.31. The van der Waals surface area contributed by atoms with Crippen molar-refractivity contribution in [3.05, 3.63) is 0 Å². The maximum Gasteiger partial charge on any atom is 0.320 e. The fourth-order valence-corrected chi connectivity index (χ4v) is 1.86. The van der Waals surface area contributed by atoms with Gasteiger partial charge >= 0.3 is 6.03 Å². The molecule has 0 aromatic heterocycles. The first-order valence-corrected chi connectivity index (χ1v) is 5.70. The topological polar surface area (TPSA) is 47.3 Å². The maximum atomic E-state index is 12.0. The van der Waals surface area contributed by atoms with Crippen LogP contribution in [0.3, 0.4) is 0 Å². The van der Waals surface area contributed by atoms with Crippen molar-refractivity contribution >= 4 is 6.03 Å². The highest BCUT2D eigenvalue weighted by Gasteiger charge is 2.20. The molecular formula is C11H19N3O. The van der Waals surface area contributed by atoms with Gasteiger partial charge in [0, 0.05) is 26.2 Å². The van der Waals surface area contributed by atoms with E-state index in [1.165, 1.54) is 6.42 Å². The van der Waals surface area contributed by atoms with Gasteiger partial charge in [-0.3, -0.25) is 0 Å². The van der Waals surface area contributed by atoms with Crippen molar-refractivity contribution in [3.8, 4) is 6.07 Å². The molecule has 4 heteroatoms. The van der Waals surface area contributed by atoms with Gasteiger partial charge in [0.1, 0.15) is 0 Å². The zero-order valence-corrected chi connectivity index (χ0v) is 9.41. The van der Waals surface area contributed by atoms with E-state index >= 15 is 0 Å². The predicted molar refractivity (Wildman–Crippen MR) is 58.3 cm³/mol. The summed E-state index contributed by atoms with van der Waals surface area (Å²) in [5.74, 6) is 0. The van der Waals surface area contributed by atoms with E-state index in [2.05, 4.69) is 6.07 Å². The van der Waals surface area contributed by atoms with E-state index in [9.17, 15) is 4.79 Å². The second-order valence-corrected chi connectivity index (χ2v) is 3.82. The van der Waals surface area contributed by atoms with Crippen molar-refractivity contribution in [3.63, 3.8) is 0 Å². The maximum absolute atomic E-state index is 12.0. The lowest BCUT2D eigenvalue weighted by Gasteiger charge is -2.32. The van der Waals surface area contributed by atoms with Crippen LogP contribution in [0.2, 0.25) is 0 Å². The van der Waals surface area contributed by atoms with Gasteiger partial charge in [0.2, 0.25) is 0 Å². The Bertz CT molecular complexity index is 241. The molecule has 4 nitrogen and oxygen atoms in total. The summed E-state index contributed by atoms with van der Waals surface area (Å²) in [5, 5.41) is 8.50. The van der Waals surface area contributed by atoms with E-state index in [1.54, 1.807) is 4.90 Å². The van der Waals surface area contributed by atoms with Crippen LogP contribution < -0.4 is 0 Å². The number of nitriles is 1. The van der Waals surface area contributed by atoms with Crippen LogP contribution in [0.5, 0.6) is 0 Å². The lowest BCUT2D eigenvalue weighted by Crippen LogP contribution is -2.45. The zero-order valence-electron chi connectivity index (χ0n) is 9.41. The van der Waals surface area contributed by atoms with E-state index in [-0.39, 0.29) is 6.03 Å². The lowest BCUT2D eigenvalue weighted by molar-refractivity contribution is 0.146. The Kier molecular flexibility index (Phi) is 4.96. The highest BCUT2D eigenvalue weighted by atomic mass is 16.2. The minimum Gasteiger partial charge on any atom is -0.325 e. The van der Waals surface area contributed by atoms with Gasteiger partial charge in [0.25, 0.3) is 0 Å². The number of nitrogens with zero attached hydrogens (tertiary/aromatic N) is 3. The first kappa shape index (κ1) is 11.8. The molecule has 15 heavy (non-hydrogen) atoms. The number of hydrogen-bond acceptors (Lipinski definition) is 2. The Hall–Kier alpha value is -1.24. The molecule has 1 rings (SSSR count). The molecule has 1 aliphatic heterocycles. The molecule has 0 spiro atoms. The average molecular weight is 209 g/mol. The summed E-state index contributed by atoms with van der Waals surface area (Å²) in [4.78, 5) is 15.6.